The molecule has 1 aliphatic heterocycles. The van der Waals surface area contributed by atoms with Crippen LogP contribution < -0.4 is 5.48 Å². The molecular formula is C26H29NO4. The highest BCUT2D eigenvalue weighted by Gasteiger charge is 2.36. The zero-order valence-electron chi connectivity index (χ0n) is 17.6. The van der Waals surface area contributed by atoms with Crippen molar-refractivity contribution in [3.8, 4) is 0 Å². The molecule has 1 saturated heterocycles. The number of benzene rings is 3. The fourth-order valence-electron chi connectivity index (χ4n) is 3.57. The minimum absolute atomic E-state index is 0.150. The van der Waals surface area contributed by atoms with Crippen molar-refractivity contribution in [3.05, 3.63) is 108 Å². The quantitative estimate of drug-likeness (QED) is 0.532. The molecule has 0 bridgehead atoms. The Hall–Kier alpha value is -2.54. The summed E-state index contributed by atoms with van der Waals surface area (Å²) in [5.74, 6) is 0. The molecule has 1 heterocycles. The minimum Gasteiger partial charge on any atom is -0.374 e. The molecule has 0 amide bonds. The van der Waals surface area contributed by atoms with E-state index in [1.54, 1.807) is 0 Å². The van der Waals surface area contributed by atoms with Crippen LogP contribution in [-0.2, 0) is 38.9 Å². The van der Waals surface area contributed by atoms with E-state index in [2.05, 4.69) is 41.9 Å². The van der Waals surface area contributed by atoms with Gasteiger partial charge in [-0.1, -0.05) is 91.0 Å². The van der Waals surface area contributed by atoms with Gasteiger partial charge in [0.2, 0.25) is 0 Å². The first-order chi connectivity index (χ1) is 15.4. The summed E-state index contributed by atoms with van der Waals surface area (Å²) in [7, 11) is 0. The Kier molecular flexibility index (Phi) is 8.21. The fraction of sp³-hybridized carbons (Fsp3) is 0.308. The molecule has 3 aromatic carbocycles. The van der Waals surface area contributed by atoms with Crippen LogP contribution in [0.15, 0.2) is 91.0 Å². The van der Waals surface area contributed by atoms with Gasteiger partial charge >= 0.3 is 0 Å². The highest BCUT2D eigenvalue weighted by Crippen LogP contribution is 2.20. The van der Waals surface area contributed by atoms with E-state index in [4.69, 9.17) is 19.0 Å². The Morgan fingerprint density at radius 2 is 1.19 bits per heavy atom. The van der Waals surface area contributed by atoms with Crippen LogP contribution >= 0.6 is 0 Å². The lowest BCUT2D eigenvalue weighted by atomic mass is 10.1. The first kappa shape index (κ1) is 21.7. The predicted octanol–water partition coefficient (Wildman–Crippen LogP) is 4.28. The normalized spacial score (nSPS) is 21.1. The van der Waals surface area contributed by atoms with Crippen LogP contribution in [0.25, 0.3) is 0 Å². The van der Waals surface area contributed by atoms with Crippen LogP contribution in [0.3, 0.4) is 0 Å². The smallest absolute Gasteiger partial charge is 0.131 e. The molecule has 3 atom stereocenters. The average molecular weight is 420 g/mol. The molecule has 31 heavy (non-hydrogen) atoms. The van der Waals surface area contributed by atoms with Crippen LogP contribution in [0, 0.1) is 0 Å². The number of hydrogen-bond donors (Lipinski definition) is 1. The van der Waals surface area contributed by atoms with Gasteiger partial charge in [-0.15, -0.1) is 0 Å². The van der Waals surface area contributed by atoms with E-state index in [1.807, 2.05) is 54.6 Å². The van der Waals surface area contributed by atoms with Crippen molar-refractivity contribution < 1.29 is 19.0 Å². The zero-order chi connectivity index (χ0) is 21.1. The Balaban J connectivity index is 1.38. The maximum atomic E-state index is 6.32. The van der Waals surface area contributed by atoms with Crippen LogP contribution in [0.1, 0.15) is 16.7 Å². The minimum atomic E-state index is -0.276. The predicted molar refractivity (Wildman–Crippen MR) is 119 cm³/mol. The molecule has 1 aliphatic rings. The molecule has 0 radical (unpaired) electrons. The first-order valence-electron chi connectivity index (χ1n) is 10.7. The van der Waals surface area contributed by atoms with Crippen molar-refractivity contribution in [3.63, 3.8) is 0 Å². The molecule has 0 spiro atoms. The first-order valence-corrected chi connectivity index (χ1v) is 10.7. The van der Waals surface area contributed by atoms with Gasteiger partial charge in [0.05, 0.1) is 33.0 Å². The summed E-state index contributed by atoms with van der Waals surface area (Å²) in [5.41, 5.74) is 6.39. The third-order valence-corrected chi connectivity index (χ3v) is 5.24. The second-order valence-electron chi connectivity index (χ2n) is 7.60. The van der Waals surface area contributed by atoms with Gasteiger partial charge in [-0.25, -0.2) is 0 Å². The van der Waals surface area contributed by atoms with Crippen molar-refractivity contribution in [2.24, 2.45) is 0 Å². The third kappa shape index (κ3) is 6.72. The van der Waals surface area contributed by atoms with Crippen molar-refractivity contribution in [2.45, 2.75) is 38.1 Å². The van der Waals surface area contributed by atoms with Gasteiger partial charge < -0.3 is 14.2 Å². The lowest BCUT2D eigenvalue weighted by molar-refractivity contribution is -0.220. The maximum Gasteiger partial charge on any atom is 0.131 e. The fourth-order valence-corrected chi connectivity index (χ4v) is 3.57. The summed E-state index contributed by atoms with van der Waals surface area (Å²) in [6, 6.07) is 30.4. The van der Waals surface area contributed by atoms with Gasteiger partial charge in [-0.2, -0.15) is 5.48 Å². The van der Waals surface area contributed by atoms with Crippen LogP contribution in [0.5, 0.6) is 0 Å². The van der Waals surface area contributed by atoms with E-state index in [-0.39, 0.29) is 18.3 Å². The van der Waals surface area contributed by atoms with Crippen molar-refractivity contribution >= 4 is 0 Å². The Morgan fingerprint density at radius 3 is 1.77 bits per heavy atom. The highest BCUT2D eigenvalue weighted by molar-refractivity contribution is 5.15. The van der Waals surface area contributed by atoms with Crippen molar-refractivity contribution in [1.82, 2.24) is 5.48 Å². The van der Waals surface area contributed by atoms with Crippen LogP contribution in [-0.4, -0.2) is 31.5 Å². The largest absolute Gasteiger partial charge is 0.374 e. The summed E-state index contributed by atoms with van der Waals surface area (Å²) < 4.78 is 18.5. The van der Waals surface area contributed by atoms with Gasteiger partial charge in [0.15, 0.2) is 0 Å². The second-order valence-corrected chi connectivity index (χ2v) is 7.60. The van der Waals surface area contributed by atoms with Crippen LogP contribution in [0.2, 0.25) is 0 Å². The number of hydroxylamine groups is 1. The molecule has 5 nitrogen and oxygen atoms in total. The van der Waals surface area contributed by atoms with Gasteiger partial charge in [-0.05, 0) is 16.7 Å². The van der Waals surface area contributed by atoms with Crippen molar-refractivity contribution in [2.75, 3.05) is 13.2 Å². The number of rotatable bonds is 10. The lowest BCUT2D eigenvalue weighted by Gasteiger charge is -2.37. The standard InChI is InChI=1S/C26H29NO4/c1-4-10-21(11-5-1)17-28-20-25-26(30-19-23-14-8-3-9-15-23)24(16-27-31-25)29-18-22-12-6-2-7-13-22/h1-15,24-27H,16-20H2/t24?,25?,26-/m0/s1. The number of ether oxygens (including phenoxy) is 3. The molecular weight excluding hydrogens is 390 g/mol. The monoisotopic (exact) mass is 419 g/mol. The Morgan fingerprint density at radius 1 is 0.677 bits per heavy atom. The van der Waals surface area contributed by atoms with Gasteiger partial charge in [0, 0.05) is 0 Å². The molecule has 2 unspecified atom stereocenters. The number of nitrogens with one attached hydrogen (secondary N) is 1. The summed E-state index contributed by atoms with van der Waals surface area (Å²) >= 11 is 0. The molecule has 0 saturated carbocycles. The highest BCUT2D eigenvalue weighted by atomic mass is 16.7. The zero-order valence-corrected chi connectivity index (χ0v) is 17.6. The lowest BCUT2D eigenvalue weighted by Crippen LogP contribution is -2.55. The van der Waals surface area contributed by atoms with E-state index in [9.17, 15) is 0 Å². The van der Waals surface area contributed by atoms with Gasteiger partial charge in [-0.3, -0.25) is 4.84 Å². The molecule has 0 aromatic heterocycles. The molecule has 162 valence electrons. The molecule has 1 fully saturated rings. The summed E-state index contributed by atoms with van der Waals surface area (Å²) in [5, 5.41) is 0. The Bertz CT molecular complexity index is 876. The average Bonchev–Trinajstić information content (AvgIpc) is 2.84. The van der Waals surface area contributed by atoms with E-state index in [1.165, 1.54) is 0 Å². The van der Waals surface area contributed by atoms with Gasteiger partial charge in [0.1, 0.15) is 18.3 Å². The Labute approximate surface area is 183 Å². The van der Waals surface area contributed by atoms with E-state index >= 15 is 0 Å². The topological polar surface area (TPSA) is 49.0 Å². The summed E-state index contributed by atoms with van der Waals surface area (Å²) in [6.07, 6.45) is -0.675. The van der Waals surface area contributed by atoms with Crippen molar-refractivity contribution in [1.29, 1.82) is 0 Å². The van der Waals surface area contributed by atoms with E-state index < -0.39 is 0 Å². The molecule has 3 aromatic rings. The van der Waals surface area contributed by atoms with Crippen LogP contribution in [0.4, 0.5) is 0 Å². The molecule has 0 aliphatic carbocycles. The molecule has 5 heteroatoms. The second kappa shape index (κ2) is 11.7. The summed E-state index contributed by atoms with van der Waals surface area (Å²) in [4.78, 5) is 5.82. The molecule has 4 rings (SSSR count). The number of hydrogen-bond acceptors (Lipinski definition) is 5. The van der Waals surface area contributed by atoms with E-state index in [0.717, 1.165) is 16.7 Å². The third-order valence-electron chi connectivity index (χ3n) is 5.24. The van der Waals surface area contributed by atoms with E-state index in [0.29, 0.717) is 33.0 Å². The maximum absolute atomic E-state index is 6.32. The summed E-state index contributed by atoms with van der Waals surface area (Å²) in [6.45, 7) is 2.51. The SMILES string of the molecule is c1ccc(COCC2ONCC(OCc3ccccc3)[C@@H]2OCc2ccccc2)cc1. The van der Waals surface area contributed by atoms with Gasteiger partial charge in [0.25, 0.3) is 0 Å². The molecule has 1 N–H and O–H groups in total.